The van der Waals surface area contributed by atoms with Gasteiger partial charge in [-0.1, -0.05) is 11.6 Å². The molecule has 0 aliphatic heterocycles. The van der Waals surface area contributed by atoms with Crippen molar-refractivity contribution < 1.29 is 23.1 Å². The maximum Gasteiger partial charge on any atom is 0.303 e. The van der Waals surface area contributed by atoms with Gasteiger partial charge in [0.25, 0.3) is 9.05 Å². The van der Waals surface area contributed by atoms with E-state index in [-0.39, 0.29) is 16.3 Å². The highest BCUT2D eigenvalue weighted by atomic mass is 35.7. The molecular formula is C12H14Cl2O5S. The second kappa shape index (κ2) is 7.71. The van der Waals surface area contributed by atoms with E-state index >= 15 is 0 Å². The van der Waals surface area contributed by atoms with Crippen LogP contribution in [-0.2, 0) is 13.8 Å². The third-order valence-corrected chi connectivity index (χ3v) is 4.12. The number of carbonyl (C=O) groups is 1. The van der Waals surface area contributed by atoms with Crippen LogP contribution in [0.4, 0.5) is 0 Å². The first-order chi connectivity index (χ1) is 9.30. The SMILES string of the molecule is O=C(O)CCCCCOc1ccc(S(=O)(=O)Cl)cc1Cl. The summed E-state index contributed by atoms with van der Waals surface area (Å²) in [5, 5.41) is 8.63. The van der Waals surface area contributed by atoms with Crippen LogP contribution in [0.3, 0.4) is 0 Å². The zero-order valence-electron chi connectivity index (χ0n) is 10.5. The first kappa shape index (κ1) is 17.1. The van der Waals surface area contributed by atoms with Crippen molar-refractivity contribution >= 4 is 37.3 Å². The minimum atomic E-state index is -3.81. The van der Waals surface area contributed by atoms with Crippen molar-refractivity contribution in [3.05, 3.63) is 23.2 Å². The van der Waals surface area contributed by atoms with Gasteiger partial charge in [-0.3, -0.25) is 4.79 Å². The smallest absolute Gasteiger partial charge is 0.303 e. The molecule has 20 heavy (non-hydrogen) atoms. The predicted octanol–water partition coefficient (Wildman–Crippen LogP) is 3.29. The molecule has 1 aromatic carbocycles. The number of carboxylic acids is 1. The summed E-state index contributed by atoms with van der Waals surface area (Å²) >= 11 is 5.89. The van der Waals surface area contributed by atoms with Gasteiger partial charge in [-0.05, 0) is 37.5 Å². The molecule has 0 aliphatic rings. The lowest BCUT2D eigenvalue weighted by atomic mass is 10.2. The summed E-state index contributed by atoms with van der Waals surface area (Å²) in [6.07, 6.45) is 2.16. The van der Waals surface area contributed by atoms with Gasteiger partial charge in [0.2, 0.25) is 0 Å². The van der Waals surface area contributed by atoms with E-state index in [0.717, 1.165) is 6.42 Å². The summed E-state index contributed by atoms with van der Waals surface area (Å²) in [5.41, 5.74) is 0. The molecule has 0 atom stereocenters. The van der Waals surface area contributed by atoms with Gasteiger partial charge < -0.3 is 9.84 Å². The Kier molecular flexibility index (Phi) is 6.58. The largest absolute Gasteiger partial charge is 0.492 e. The average molecular weight is 341 g/mol. The van der Waals surface area contributed by atoms with Crippen molar-refractivity contribution in [1.82, 2.24) is 0 Å². The van der Waals surface area contributed by atoms with E-state index in [1.54, 1.807) is 0 Å². The first-order valence-electron chi connectivity index (χ1n) is 5.89. The summed E-state index contributed by atoms with van der Waals surface area (Å²) < 4.78 is 27.6. The van der Waals surface area contributed by atoms with Crippen LogP contribution in [-0.4, -0.2) is 26.1 Å². The minimum absolute atomic E-state index is 0.0852. The molecule has 1 aromatic rings. The summed E-state index contributed by atoms with van der Waals surface area (Å²) in [6, 6.07) is 3.98. The number of unbranched alkanes of at least 4 members (excludes halogenated alkanes) is 2. The Morgan fingerprint density at radius 2 is 1.95 bits per heavy atom. The van der Waals surface area contributed by atoms with E-state index in [2.05, 4.69) is 0 Å². The highest BCUT2D eigenvalue weighted by molar-refractivity contribution is 8.13. The highest BCUT2D eigenvalue weighted by Gasteiger charge is 2.12. The molecule has 0 heterocycles. The maximum absolute atomic E-state index is 11.1. The van der Waals surface area contributed by atoms with Crippen LogP contribution >= 0.6 is 22.3 Å². The fourth-order valence-electron chi connectivity index (χ4n) is 1.49. The van der Waals surface area contributed by atoms with Crippen molar-refractivity contribution in [2.75, 3.05) is 6.61 Å². The van der Waals surface area contributed by atoms with Crippen LogP contribution < -0.4 is 4.74 Å². The molecule has 1 N–H and O–H groups in total. The lowest BCUT2D eigenvalue weighted by molar-refractivity contribution is -0.137. The van der Waals surface area contributed by atoms with Gasteiger partial charge in [0.1, 0.15) is 5.75 Å². The third-order valence-electron chi connectivity index (χ3n) is 2.48. The number of hydrogen-bond donors (Lipinski definition) is 1. The molecule has 0 saturated heterocycles. The molecule has 0 saturated carbocycles. The Hall–Kier alpha value is -0.980. The Morgan fingerprint density at radius 3 is 2.50 bits per heavy atom. The molecule has 0 aromatic heterocycles. The molecular weight excluding hydrogens is 327 g/mol. The molecule has 5 nitrogen and oxygen atoms in total. The van der Waals surface area contributed by atoms with Crippen LogP contribution in [0.1, 0.15) is 25.7 Å². The van der Waals surface area contributed by atoms with E-state index < -0.39 is 15.0 Å². The number of hydrogen-bond acceptors (Lipinski definition) is 4. The van der Waals surface area contributed by atoms with E-state index in [1.807, 2.05) is 0 Å². The predicted molar refractivity (Wildman–Crippen MR) is 76.1 cm³/mol. The number of benzene rings is 1. The van der Waals surface area contributed by atoms with E-state index in [1.165, 1.54) is 18.2 Å². The van der Waals surface area contributed by atoms with Crippen LogP contribution in [0.2, 0.25) is 5.02 Å². The van der Waals surface area contributed by atoms with Crippen molar-refractivity contribution in [2.24, 2.45) is 0 Å². The van der Waals surface area contributed by atoms with Gasteiger partial charge in [-0.2, -0.15) is 0 Å². The van der Waals surface area contributed by atoms with E-state index in [0.29, 0.717) is 25.2 Å². The second-order valence-electron chi connectivity index (χ2n) is 4.08. The van der Waals surface area contributed by atoms with Crippen molar-refractivity contribution in [3.8, 4) is 5.75 Å². The fraction of sp³-hybridized carbons (Fsp3) is 0.417. The molecule has 0 fully saturated rings. The van der Waals surface area contributed by atoms with Gasteiger partial charge in [0.05, 0.1) is 16.5 Å². The van der Waals surface area contributed by atoms with Crippen LogP contribution in [0, 0.1) is 0 Å². The number of aliphatic carboxylic acids is 1. The van der Waals surface area contributed by atoms with Crippen molar-refractivity contribution in [1.29, 1.82) is 0 Å². The molecule has 0 aliphatic carbocycles. The van der Waals surface area contributed by atoms with E-state index in [4.69, 9.17) is 32.1 Å². The van der Waals surface area contributed by atoms with Crippen molar-refractivity contribution in [2.45, 2.75) is 30.6 Å². The topological polar surface area (TPSA) is 80.7 Å². The van der Waals surface area contributed by atoms with Gasteiger partial charge in [0.15, 0.2) is 0 Å². The summed E-state index contributed by atoms with van der Waals surface area (Å²) in [6.45, 7) is 0.381. The molecule has 0 unspecified atom stereocenters. The summed E-state index contributed by atoms with van der Waals surface area (Å²) in [7, 11) is 1.39. The van der Waals surface area contributed by atoms with Crippen LogP contribution in [0.25, 0.3) is 0 Å². The van der Waals surface area contributed by atoms with E-state index in [9.17, 15) is 13.2 Å². The third kappa shape index (κ3) is 5.98. The molecule has 0 bridgehead atoms. The van der Waals surface area contributed by atoms with Crippen LogP contribution in [0.15, 0.2) is 23.1 Å². The molecule has 1 rings (SSSR count). The fourth-order valence-corrected chi connectivity index (χ4v) is 2.56. The Balaban J connectivity index is 2.44. The standard InChI is InChI=1S/C12H14Cl2O5S/c13-10-8-9(20(14,17)18)5-6-11(10)19-7-3-1-2-4-12(15)16/h5-6,8H,1-4,7H2,(H,15,16). The first-order valence-corrected chi connectivity index (χ1v) is 8.58. The summed E-state index contributed by atoms with van der Waals surface area (Å²) in [5.74, 6) is -0.444. The highest BCUT2D eigenvalue weighted by Crippen LogP contribution is 2.28. The monoisotopic (exact) mass is 340 g/mol. The molecule has 112 valence electrons. The normalized spacial score (nSPS) is 11.3. The summed E-state index contributed by atoms with van der Waals surface area (Å²) in [4.78, 5) is 10.2. The average Bonchev–Trinajstić information content (AvgIpc) is 2.33. The van der Waals surface area contributed by atoms with Gasteiger partial charge in [-0.15, -0.1) is 0 Å². The van der Waals surface area contributed by atoms with Gasteiger partial charge >= 0.3 is 5.97 Å². The lowest BCUT2D eigenvalue weighted by Crippen LogP contribution is -2.00. The number of rotatable bonds is 8. The zero-order chi connectivity index (χ0) is 15.2. The molecule has 8 heteroatoms. The van der Waals surface area contributed by atoms with Gasteiger partial charge in [-0.25, -0.2) is 8.42 Å². The van der Waals surface area contributed by atoms with Crippen LogP contribution in [0.5, 0.6) is 5.75 Å². The Bertz CT molecular complexity index is 571. The zero-order valence-corrected chi connectivity index (χ0v) is 12.8. The van der Waals surface area contributed by atoms with Gasteiger partial charge in [0, 0.05) is 17.1 Å². The minimum Gasteiger partial charge on any atom is -0.492 e. The Labute approximate surface area is 126 Å². The Morgan fingerprint density at radius 1 is 1.25 bits per heavy atom. The maximum atomic E-state index is 11.1. The lowest BCUT2D eigenvalue weighted by Gasteiger charge is -2.08. The number of carboxylic acid groups (broad SMARTS) is 1. The molecule has 0 radical (unpaired) electrons. The van der Waals surface area contributed by atoms with Crippen molar-refractivity contribution in [3.63, 3.8) is 0 Å². The molecule has 0 amide bonds. The number of ether oxygens (including phenoxy) is 1. The second-order valence-corrected chi connectivity index (χ2v) is 7.06. The molecule has 0 spiro atoms. The number of halogens is 2. The quantitative estimate of drug-likeness (QED) is 0.580.